The summed E-state index contributed by atoms with van der Waals surface area (Å²) >= 11 is 0. The minimum Gasteiger partial charge on any atom is -0.406 e. The molecule has 0 amide bonds. The van der Waals surface area contributed by atoms with Gasteiger partial charge in [0, 0.05) is 20.0 Å². The Morgan fingerprint density at radius 1 is 1.50 bits per heavy atom. The van der Waals surface area contributed by atoms with Crippen molar-refractivity contribution in [1.82, 2.24) is 0 Å². The lowest BCUT2D eigenvalue weighted by molar-refractivity contribution is 0.0837. The van der Waals surface area contributed by atoms with Crippen LogP contribution >= 0.6 is 0 Å². The first-order valence-electron chi connectivity index (χ1n) is 4.38. The summed E-state index contributed by atoms with van der Waals surface area (Å²) in [5, 5.41) is 0. The first-order valence-corrected chi connectivity index (χ1v) is 4.38. The van der Waals surface area contributed by atoms with Crippen molar-refractivity contribution < 1.29 is 14.0 Å². The molecule has 1 atom stereocenters. The molecule has 70 valence electrons. The van der Waals surface area contributed by atoms with E-state index < -0.39 is 0 Å². The molecule has 0 saturated carbocycles. The zero-order chi connectivity index (χ0) is 9.19. The molecule has 0 N–H and O–H groups in total. The highest BCUT2D eigenvalue weighted by molar-refractivity contribution is 6.45. The summed E-state index contributed by atoms with van der Waals surface area (Å²) in [5.74, 6) is 0. The molecule has 0 aliphatic carbocycles. The van der Waals surface area contributed by atoms with Crippen molar-refractivity contribution in [1.29, 1.82) is 0 Å². The van der Waals surface area contributed by atoms with Gasteiger partial charge >= 0.3 is 7.12 Å². The topological polar surface area (TPSA) is 27.7 Å². The fourth-order valence-electron chi connectivity index (χ4n) is 1.19. The Hall–Kier alpha value is -0.0551. The Morgan fingerprint density at radius 3 is 2.58 bits per heavy atom. The van der Waals surface area contributed by atoms with Gasteiger partial charge in [0.15, 0.2) is 0 Å². The predicted octanol–water partition coefficient (Wildman–Crippen LogP) is 1.33. The van der Waals surface area contributed by atoms with Crippen molar-refractivity contribution in [3.63, 3.8) is 0 Å². The van der Waals surface area contributed by atoms with Crippen LogP contribution in [0.5, 0.6) is 0 Å². The van der Waals surface area contributed by atoms with Gasteiger partial charge in [-0.25, -0.2) is 0 Å². The molecule has 0 spiro atoms. The van der Waals surface area contributed by atoms with Crippen LogP contribution in [0, 0.1) is 0 Å². The highest BCUT2D eigenvalue weighted by Gasteiger charge is 2.42. The minimum atomic E-state index is -0.154. The number of ether oxygens (including phenoxy) is 1. The van der Waals surface area contributed by atoms with Gasteiger partial charge < -0.3 is 14.0 Å². The van der Waals surface area contributed by atoms with Gasteiger partial charge in [-0.15, -0.1) is 0 Å². The second-order valence-electron chi connectivity index (χ2n) is 3.71. The second-order valence-corrected chi connectivity index (χ2v) is 3.71. The van der Waals surface area contributed by atoms with Crippen molar-refractivity contribution in [3.05, 3.63) is 0 Å². The van der Waals surface area contributed by atoms with E-state index >= 15 is 0 Å². The van der Waals surface area contributed by atoms with E-state index in [0.29, 0.717) is 6.61 Å². The lowest BCUT2D eigenvalue weighted by Gasteiger charge is -2.21. The number of hydrogen-bond donors (Lipinski definition) is 0. The first-order chi connectivity index (χ1) is 5.56. The van der Waals surface area contributed by atoms with Gasteiger partial charge in [0.2, 0.25) is 0 Å². The molecule has 1 fully saturated rings. The Labute approximate surface area is 74.5 Å². The number of rotatable bonds is 3. The molecular formula is C8H17BO3. The number of methoxy groups -OCH3 is 1. The molecule has 0 aromatic rings. The third-order valence-electron chi connectivity index (χ3n) is 2.33. The van der Waals surface area contributed by atoms with E-state index in [1.165, 1.54) is 0 Å². The van der Waals surface area contributed by atoms with E-state index in [1.807, 2.05) is 20.8 Å². The Bertz CT molecular complexity index is 149. The molecule has 1 aliphatic rings. The van der Waals surface area contributed by atoms with Gasteiger partial charge in [0.25, 0.3) is 0 Å². The molecular weight excluding hydrogens is 155 g/mol. The normalized spacial score (nSPS) is 28.0. The number of hydrogen-bond acceptors (Lipinski definition) is 3. The van der Waals surface area contributed by atoms with Crippen molar-refractivity contribution >= 4 is 7.12 Å². The third-order valence-corrected chi connectivity index (χ3v) is 2.33. The zero-order valence-corrected chi connectivity index (χ0v) is 8.29. The molecule has 1 unspecified atom stereocenters. The average Bonchev–Trinajstić information content (AvgIpc) is 2.22. The van der Waals surface area contributed by atoms with Crippen LogP contribution in [0.1, 0.15) is 20.8 Å². The van der Waals surface area contributed by atoms with E-state index in [2.05, 4.69) is 0 Å². The van der Waals surface area contributed by atoms with Crippen molar-refractivity contribution in [2.45, 2.75) is 38.8 Å². The minimum absolute atomic E-state index is 0.0880. The second kappa shape index (κ2) is 3.77. The molecule has 1 heterocycles. The molecule has 12 heavy (non-hydrogen) atoms. The van der Waals surface area contributed by atoms with Crippen molar-refractivity contribution in [3.8, 4) is 0 Å². The third kappa shape index (κ3) is 2.22. The average molecular weight is 172 g/mol. The van der Waals surface area contributed by atoms with E-state index in [0.717, 1.165) is 6.32 Å². The largest absolute Gasteiger partial charge is 0.459 e. The maximum Gasteiger partial charge on any atom is 0.459 e. The van der Waals surface area contributed by atoms with E-state index in [9.17, 15) is 0 Å². The molecule has 4 heteroatoms. The van der Waals surface area contributed by atoms with Crippen LogP contribution in [0.25, 0.3) is 0 Å². The van der Waals surface area contributed by atoms with Gasteiger partial charge in [0.05, 0.1) is 11.7 Å². The molecule has 1 aliphatic heterocycles. The summed E-state index contributed by atoms with van der Waals surface area (Å²) < 4.78 is 16.2. The molecule has 1 rings (SSSR count). The van der Waals surface area contributed by atoms with Gasteiger partial charge in [-0.2, -0.15) is 0 Å². The monoisotopic (exact) mass is 172 g/mol. The van der Waals surface area contributed by atoms with Crippen molar-refractivity contribution in [2.24, 2.45) is 0 Å². The highest BCUT2D eigenvalue weighted by atomic mass is 16.7. The molecule has 0 aromatic heterocycles. The molecule has 1 saturated heterocycles. The quantitative estimate of drug-likeness (QED) is 0.601. The lowest BCUT2D eigenvalue weighted by Crippen LogP contribution is -2.30. The maximum atomic E-state index is 5.66. The van der Waals surface area contributed by atoms with E-state index in [-0.39, 0.29) is 18.8 Å². The first kappa shape index (κ1) is 10.0. The summed E-state index contributed by atoms with van der Waals surface area (Å²) in [4.78, 5) is 0. The summed E-state index contributed by atoms with van der Waals surface area (Å²) in [5.41, 5.74) is -0.154. The van der Waals surface area contributed by atoms with Crippen LogP contribution < -0.4 is 0 Å². The summed E-state index contributed by atoms with van der Waals surface area (Å²) in [6.07, 6.45) is 0.976. The Kier molecular flexibility index (Phi) is 3.15. The van der Waals surface area contributed by atoms with E-state index in [1.54, 1.807) is 7.11 Å². The van der Waals surface area contributed by atoms with Crippen LogP contribution in [-0.4, -0.2) is 32.5 Å². The van der Waals surface area contributed by atoms with Gasteiger partial charge in [-0.3, -0.25) is 0 Å². The fraction of sp³-hybridized carbons (Fsp3) is 1.00. The predicted molar refractivity (Wildman–Crippen MR) is 48.1 cm³/mol. The smallest absolute Gasteiger partial charge is 0.406 e. The molecule has 0 radical (unpaired) electrons. The summed E-state index contributed by atoms with van der Waals surface area (Å²) in [7, 11) is 1.60. The zero-order valence-electron chi connectivity index (χ0n) is 8.29. The van der Waals surface area contributed by atoms with Crippen molar-refractivity contribution in [2.75, 3.05) is 13.7 Å². The van der Waals surface area contributed by atoms with Gasteiger partial charge in [-0.05, 0) is 20.8 Å². The lowest BCUT2D eigenvalue weighted by atomic mass is 9.86. The van der Waals surface area contributed by atoms with Crippen LogP contribution in [0.2, 0.25) is 6.32 Å². The molecule has 0 aromatic carbocycles. The van der Waals surface area contributed by atoms with Crippen LogP contribution in [0.3, 0.4) is 0 Å². The fourth-order valence-corrected chi connectivity index (χ4v) is 1.19. The van der Waals surface area contributed by atoms with E-state index in [4.69, 9.17) is 14.0 Å². The van der Waals surface area contributed by atoms with Gasteiger partial charge in [-0.1, -0.05) is 0 Å². The van der Waals surface area contributed by atoms with Crippen LogP contribution in [0.15, 0.2) is 0 Å². The molecule has 0 bridgehead atoms. The Morgan fingerprint density at radius 2 is 2.17 bits per heavy atom. The standard InChI is InChI=1S/C8H17BO3/c1-7-8(2,3)12-9(11-7)5-6-10-4/h7H,5-6H2,1-4H3. The highest BCUT2D eigenvalue weighted by Crippen LogP contribution is 2.28. The SMILES string of the molecule is COCCB1OC(C)C(C)(C)O1. The van der Waals surface area contributed by atoms with Crippen LogP contribution in [0.4, 0.5) is 0 Å². The summed E-state index contributed by atoms with van der Waals surface area (Å²) in [6, 6.07) is 0. The van der Waals surface area contributed by atoms with Gasteiger partial charge in [0.1, 0.15) is 0 Å². The maximum absolute atomic E-state index is 5.66. The molecule has 3 nitrogen and oxygen atoms in total. The van der Waals surface area contributed by atoms with Crippen LogP contribution in [-0.2, 0) is 14.0 Å². The summed E-state index contributed by atoms with van der Waals surface area (Å²) in [6.45, 7) is 6.81. The Balaban J connectivity index is 2.33.